The summed E-state index contributed by atoms with van der Waals surface area (Å²) < 4.78 is 29.7. The lowest BCUT2D eigenvalue weighted by molar-refractivity contribution is 0.139. The summed E-state index contributed by atoms with van der Waals surface area (Å²) in [7, 11) is 0. The highest BCUT2D eigenvalue weighted by molar-refractivity contribution is 5.78. The van der Waals surface area contributed by atoms with Gasteiger partial charge in [0.15, 0.2) is 17.5 Å². The average molecular weight is 508 g/mol. The monoisotopic (exact) mass is 508 g/mol. The van der Waals surface area contributed by atoms with Gasteiger partial charge in [0, 0.05) is 38.8 Å². The highest BCUT2D eigenvalue weighted by atomic mass is 19.1. The van der Waals surface area contributed by atoms with Crippen molar-refractivity contribution in [2.24, 2.45) is 5.10 Å². The molecule has 0 aliphatic carbocycles. The molecule has 12 nitrogen and oxygen atoms in total. The number of carbonyl (C=O) groups excluding carboxylic acids is 1. The molecule has 0 bridgehead atoms. The number of hydrogen-bond donors (Lipinski definition) is 1. The fourth-order valence-corrected chi connectivity index (χ4v) is 4.35. The molecule has 1 N–H and O–H groups in total. The minimum atomic E-state index is -0.690. The van der Waals surface area contributed by atoms with Gasteiger partial charge in [-0.25, -0.2) is 28.6 Å². The van der Waals surface area contributed by atoms with E-state index in [-0.39, 0.29) is 35.8 Å². The highest BCUT2D eigenvalue weighted by Gasteiger charge is 2.34. The fourth-order valence-electron chi connectivity index (χ4n) is 4.35. The summed E-state index contributed by atoms with van der Waals surface area (Å²) in [4.78, 5) is 29.2. The van der Waals surface area contributed by atoms with E-state index < -0.39 is 17.7 Å². The number of nitrogens with zero attached hydrogens (tertiary/aromatic N) is 10. The number of hydrogen-bond acceptors (Lipinski definition) is 9. The first-order chi connectivity index (χ1) is 17.9. The maximum absolute atomic E-state index is 14.5. The SMILES string of the molecule is Cc1nc(CO)nn1-c1nc(N2CCN(C(=O)N3N=CCC3c3cc(F)cc(C#N)c3)CC2)ncc1F. The normalized spacial score (nSPS) is 17.4. The molecular formula is C23H22F2N10O2. The molecule has 4 heterocycles. The van der Waals surface area contributed by atoms with Crippen LogP contribution in [-0.4, -0.2) is 78.2 Å². The van der Waals surface area contributed by atoms with Gasteiger partial charge in [-0.05, 0) is 30.7 Å². The van der Waals surface area contributed by atoms with Crippen LogP contribution in [0.15, 0.2) is 29.5 Å². The molecule has 3 aromatic rings. The van der Waals surface area contributed by atoms with E-state index in [1.807, 2.05) is 11.0 Å². The third kappa shape index (κ3) is 4.68. The van der Waals surface area contributed by atoms with Crippen LogP contribution in [0, 0.1) is 29.9 Å². The number of anilines is 1. The van der Waals surface area contributed by atoms with Crippen LogP contribution in [0.2, 0.25) is 0 Å². The minimum absolute atomic E-state index is 0.0886. The lowest BCUT2D eigenvalue weighted by atomic mass is 10.0. The molecule has 190 valence electrons. The minimum Gasteiger partial charge on any atom is -0.388 e. The predicted molar refractivity (Wildman–Crippen MR) is 126 cm³/mol. The second-order valence-electron chi connectivity index (χ2n) is 8.52. The molecule has 1 unspecified atom stereocenters. The van der Waals surface area contributed by atoms with Crippen molar-refractivity contribution in [3.8, 4) is 11.9 Å². The quantitative estimate of drug-likeness (QED) is 0.562. The molecule has 0 spiro atoms. The van der Waals surface area contributed by atoms with E-state index >= 15 is 0 Å². The number of nitriles is 1. The number of urea groups is 1. The first kappa shape index (κ1) is 24.2. The number of aryl methyl sites for hydroxylation is 1. The molecule has 2 amide bonds. The Morgan fingerprint density at radius 1 is 1.19 bits per heavy atom. The van der Waals surface area contributed by atoms with Gasteiger partial charge in [-0.3, -0.25) is 0 Å². The Morgan fingerprint density at radius 3 is 2.68 bits per heavy atom. The van der Waals surface area contributed by atoms with Crippen LogP contribution < -0.4 is 4.90 Å². The average Bonchev–Trinajstić information content (AvgIpc) is 3.55. The van der Waals surface area contributed by atoms with Gasteiger partial charge < -0.3 is 14.9 Å². The van der Waals surface area contributed by atoms with Gasteiger partial charge in [-0.2, -0.15) is 20.0 Å². The molecule has 1 saturated heterocycles. The van der Waals surface area contributed by atoms with Crippen molar-refractivity contribution in [1.29, 1.82) is 5.26 Å². The Labute approximate surface area is 210 Å². The van der Waals surface area contributed by atoms with Crippen LogP contribution in [0.5, 0.6) is 0 Å². The number of halogens is 2. The zero-order chi connectivity index (χ0) is 26.1. The fraction of sp³-hybridized carbons (Fsp3) is 0.348. The number of amides is 2. The first-order valence-electron chi connectivity index (χ1n) is 11.5. The number of hydrazone groups is 1. The standard InChI is InChI=1S/C23H22F2N10O2/c1-14-29-20(13-36)31-34(14)21-18(25)12-27-22(30-21)32-4-6-33(7-5-32)23(37)35-19(2-3-28-35)16-8-15(11-26)9-17(24)10-16/h3,8-10,12,19,36H,2,4-7,13H2,1H3. The Hall–Kier alpha value is -4.51. The molecule has 1 atom stereocenters. The second-order valence-corrected chi connectivity index (χ2v) is 8.52. The number of carbonyl (C=O) groups is 1. The van der Waals surface area contributed by atoms with E-state index in [0.717, 1.165) is 12.3 Å². The van der Waals surface area contributed by atoms with Crippen molar-refractivity contribution >= 4 is 18.2 Å². The number of piperazine rings is 1. The third-order valence-corrected chi connectivity index (χ3v) is 6.16. The molecule has 37 heavy (non-hydrogen) atoms. The number of aromatic nitrogens is 5. The third-order valence-electron chi connectivity index (χ3n) is 6.16. The predicted octanol–water partition coefficient (Wildman–Crippen LogP) is 1.68. The zero-order valence-corrected chi connectivity index (χ0v) is 19.8. The summed E-state index contributed by atoms with van der Waals surface area (Å²) in [5, 5.41) is 28.0. The van der Waals surface area contributed by atoms with Gasteiger partial charge in [0.05, 0.1) is 23.9 Å². The molecule has 5 rings (SSSR count). The number of rotatable bonds is 4. The van der Waals surface area contributed by atoms with Crippen molar-refractivity contribution in [2.45, 2.75) is 26.0 Å². The lowest BCUT2D eigenvalue weighted by Gasteiger charge is -2.37. The van der Waals surface area contributed by atoms with E-state index in [1.165, 1.54) is 15.8 Å². The van der Waals surface area contributed by atoms with E-state index in [4.69, 9.17) is 5.26 Å². The molecule has 2 aromatic heterocycles. The van der Waals surface area contributed by atoms with Crippen molar-refractivity contribution < 1.29 is 18.7 Å². The van der Waals surface area contributed by atoms with E-state index in [1.54, 1.807) is 24.1 Å². The number of aliphatic hydroxyl groups excluding tert-OH is 1. The Bertz CT molecular complexity index is 1410. The molecule has 0 saturated carbocycles. The van der Waals surface area contributed by atoms with E-state index in [0.29, 0.717) is 44.0 Å². The maximum Gasteiger partial charge on any atom is 0.341 e. The van der Waals surface area contributed by atoms with Gasteiger partial charge in [0.1, 0.15) is 18.2 Å². The Morgan fingerprint density at radius 2 is 1.97 bits per heavy atom. The van der Waals surface area contributed by atoms with Gasteiger partial charge in [-0.1, -0.05) is 0 Å². The Kier molecular flexibility index (Phi) is 6.45. The van der Waals surface area contributed by atoms with Crippen LogP contribution >= 0.6 is 0 Å². The van der Waals surface area contributed by atoms with Crippen LogP contribution in [0.3, 0.4) is 0 Å². The summed E-state index contributed by atoms with van der Waals surface area (Å²) >= 11 is 0. The molecule has 0 radical (unpaired) electrons. The van der Waals surface area contributed by atoms with E-state index in [2.05, 4.69) is 25.2 Å². The van der Waals surface area contributed by atoms with Crippen LogP contribution in [-0.2, 0) is 6.61 Å². The van der Waals surface area contributed by atoms with Crippen molar-refractivity contribution in [1.82, 2.24) is 34.6 Å². The summed E-state index contributed by atoms with van der Waals surface area (Å²) in [5.74, 6) is -0.545. The largest absolute Gasteiger partial charge is 0.388 e. The van der Waals surface area contributed by atoms with Crippen molar-refractivity contribution in [2.75, 3.05) is 31.1 Å². The zero-order valence-electron chi connectivity index (χ0n) is 19.8. The summed E-state index contributed by atoms with van der Waals surface area (Å²) in [6.07, 6.45) is 3.05. The molecule has 14 heteroatoms. The van der Waals surface area contributed by atoms with Crippen LogP contribution in [0.4, 0.5) is 19.5 Å². The van der Waals surface area contributed by atoms with Gasteiger partial charge in [-0.15, -0.1) is 5.10 Å². The maximum atomic E-state index is 14.5. The van der Waals surface area contributed by atoms with Crippen LogP contribution in [0.1, 0.15) is 35.2 Å². The molecule has 1 aromatic carbocycles. The smallest absolute Gasteiger partial charge is 0.341 e. The van der Waals surface area contributed by atoms with Crippen molar-refractivity contribution in [3.63, 3.8) is 0 Å². The second kappa shape index (κ2) is 9.86. The van der Waals surface area contributed by atoms with Crippen molar-refractivity contribution in [3.05, 3.63) is 58.8 Å². The summed E-state index contributed by atoms with van der Waals surface area (Å²) in [6, 6.07) is 5.09. The molecule has 2 aliphatic rings. The van der Waals surface area contributed by atoms with Gasteiger partial charge >= 0.3 is 6.03 Å². The molecular weight excluding hydrogens is 486 g/mol. The van der Waals surface area contributed by atoms with Crippen LogP contribution in [0.25, 0.3) is 5.82 Å². The molecule has 1 fully saturated rings. The van der Waals surface area contributed by atoms with E-state index in [9.17, 15) is 18.7 Å². The topological polar surface area (TPSA) is 140 Å². The lowest BCUT2D eigenvalue weighted by Crippen LogP contribution is -2.52. The number of aliphatic hydroxyl groups is 1. The summed E-state index contributed by atoms with van der Waals surface area (Å²) in [6.45, 7) is 2.67. The number of benzene rings is 1. The first-order valence-corrected chi connectivity index (χ1v) is 11.5. The molecule has 2 aliphatic heterocycles. The summed E-state index contributed by atoms with van der Waals surface area (Å²) in [5.41, 5.74) is 0.677. The van der Waals surface area contributed by atoms with Gasteiger partial charge in [0.25, 0.3) is 0 Å². The highest BCUT2D eigenvalue weighted by Crippen LogP contribution is 2.30. The van der Waals surface area contributed by atoms with Gasteiger partial charge in [0.2, 0.25) is 5.95 Å². The Balaban J connectivity index is 1.28.